The minimum atomic E-state index is -0.0710. The zero-order valence-electron chi connectivity index (χ0n) is 10.6. The average molecular weight is 250 g/mol. The molecule has 0 aliphatic carbocycles. The third-order valence-corrected chi connectivity index (χ3v) is 3.15. The van der Waals surface area contributed by atoms with Crippen molar-refractivity contribution >= 4 is 11.9 Å². The highest BCUT2D eigenvalue weighted by atomic mass is 16.2. The van der Waals surface area contributed by atoms with E-state index in [1.807, 2.05) is 11.8 Å². The minimum absolute atomic E-state index is 0.0710. The zero-order chi connectivity index (χ0) is 13.0. The van der Waals surface area contributed by atoms with Gasteiger partial charge in [0, 0.05) is 45.0 Å². The molecule has 0 unspecified atom stereocenters. The normalized spacial score (nSPS) is 16.5. The summed E-state index contributed by atoms with van der Waals surface area (Å²) in [6.45, 7) is 4.49. The van der Waals surface area contributed by atoms with Crippen LogP contribution in [0.1, 0.15) is 19.8 Å². The number of imidazole rings is 1. The van der Waals surface area contributed by atoms with E-state index >= 15 is 0 Å². The summed E-state index contributed by atoms with van der Waals surface area (Å²) in [7, 11) is 0. The molecular formula is C12H18N4O2. The van der Waals surface area contributed by atoms with Gasteiger partial charge in [0.2, 0.25) is 5.91 Å². The maximum absolute atomic E-state index is 12.1. The van der Waals surface area contributed by atoms with Crippen molar-refractivity contribution in [2.75, 3.05) is 26.2 Å². The Morgan fingerprint density at radius 1 is 1.17 bits per heavy atom. The van der Waals surface area contributed by atoms with Crippen LogP contribution in [0.4, 0.5) is 4.79 Å². The van der Waals surface area contributed by atoms with Crippen molar-refractivity contribution in [1.82, 2.24) is 19.4 Å². The van der Waals surface area contributed by atoms with Crippen LogP contribution in [-0.4, -0.2) is 57.5 Å². The number of carbonyl (C=O) groups excluding carboxylic acids is 2. The summed E-state index contributed by atoms with van der Waals surface area (Å²) in [4.78, 5) is 31.2. The van der Waals surface area contributed by atoms with E-state index in [-0.39, 0.29) is 11.9 Å². The second-order valence-corrected chi connectivity index (χ2v) is 4.33. The van der Waals surface area contributed by atoms with Gasteiger partial charge in [0.1, 0.15) is 6.33 Å². The molecule has 2 amide bonds. The minimum Gasteiger partial charge on any atom is -0.341 e. The van der Waals surface area contributed by atoms with Crippen LogP contribution in [0.2, 0.25) is 0 Å². The molecule has 2 rings (SSSR count). The molecule has 98 valence electrons. The van der Waals surface area contributed by atoms with Crippen molar-refractivity contribution in [3.8, 4) is 0 Å². The number of aromatic nitrogens is 2. The first-order valence-electron chi connectivity index (χ1n) is 6.27. The Morgan fingerprint density at radius 2 is 1.89 bits per heavy atom. The highest BCUT2D eigenvalue weighted by molar-refractivity contribution is 5.77. The Labute approximate surface area is 106 Å². The van der Waals surface area contributed by atoms with Crippen molar-refractivity contribution in [3.63, 3.8) is 0 Å². The molecule has 6 nitrogen and oxygen atoms in total. The molecule has 0 bridgehead atoms. The zero-order valence-corrected chi connectivity index (χ0v) is 10.6. The van der Waals surface area contributed by atoms with E-state index < -0.39 is 0 Å². The largest absolute Gasteiger partial charge is 0.341 e. The van der Waals surface area contributed by atoms with Crippen molar-refractivity contribution in [1.29, 1.82) is 0 Å². The van der Waals surface area contributed by atoms with Crippen molar-refractivity contribution < 1.29 is 9.59 Å². The van der Waals surface area contributed by atoms with Gasteiger partial charge in [-0.1, -0.05) is 6.92 Å². The first kappa shape index (κ1) is 12.6. The molecule has 1 aliphatic heterocycles. The third kappa shape index (κ3) is 2.69. The summed E-state index contributed by atoms with van der Waals surface area (Å²) in [5.74, 6) is 0.159. The van der Waals surface area contributed by atoms with E-state index in [2.05, 4.69) is 4.98 Å². The molecule has 1 aromatic rings. The third-order valence-electron chi connectivity index (χ3n) is 3.15. The average Bonchev–Trinajstić information content (AvgIpc) is 2.81. The van der Waals surface area contributed by atoms with Gasteiger partial charge in [-0.15, -0.1) is 0 Å². The predicted octanol–water partition coefficient (Wildman–Crippen LogP) is 0.795. The second-order valence-electron chi connectivity index (χ2n) is 4.33. The molecule has 0 radical (unpaired) electrons. The van der Waals surface area contributed by atoms with Crippen LogP contribution in [0.25, 0.3) is 0 Å². The van der Waals surface area contributed by atoms with Gasteiger partial charge in [-0.25, -0.2) is 9.78 Å². The summed E-state index contributed by atoms with van der Waals surface area (Å²) in [5, 5.41) is 0. The molecule has 0 N–H and O–H groups in total. The fourth-order valence-electron chi connectivity index (χ4n) is 2.12. The first-order valence-corrected chi connectivity index (χ1v) is 6.27. The standard InChI is InChI=1S/C12H18N4O2/c1-2-11(17)14-5-3-6-15(9-8-14)12(18)16-7-4-13-10-16/h4,7,10H,2-3,5-6,8-9H2,1H3. The molecule has 2 heterocycles. The molecule has 0 spiro atoms. The van der Waals surface area contributed by atoms with Crippen LogP contribution in [-0.2, 0) is 4.79 Å². The van der Waals surface area contributed by atoms with Crippen LogP contribution in [0, 0.1) is 0 Å². The fourth-order valence-corrected chi connectivity index (χ4v) is 2.12. The van der Waals surface area contributed by atoms with Gasteiger partial charge < -0.3 is 9.80 Å². The number of amides is 2. The first-order chi connectivity index (χ1) is 8.72. The van der Waals surface area contributed by atoms with Crippen LogP contribution >= 0.6 is 0 Å². The molecule has 1 aromatic heterocycles. The van der Waals surface area contributed by atoms with E-state index in [9.17, 15) is 9.59 Å². The van der Waals surface area contributed by atoms with E-state index in [4.69, 9.17) is 0 Å². The number of hydrogen-bond acceptors (Lipinski definition) is 3. The van der Waals surface area contributed by atoms with Crippen molar-refractivity contribution in [2.45, 2.75) is 19.8 Å². The van der Waals surface area contributed by atoms with Gasteiger partial charge in [-0.05, 0) is 6.42 Å². The Bertz CT molecular complexity index is 416. The summed E-state index contributed by atoms with van der Waals surface area (Å²) in [6, 6.07) is -0.0710. The van der Waals surface area contributed by atoms with Gasteiger partial charge >= 0.3 is 6.03 Å². The van der Waals surface area contributed by atoms with Crippen LogP contribution in [0.5, 0.6) is 0 Å². The van der Waals surface area contributed by atoms with Gasteiger partial charge in [-0.3, -0.25) is 9.36 Å². The summed E-state index contributed by atoms with van der Waals surface area (Å²) >= 11 is 0. The molecule has 1 fully saturated rings. The van der Waals surface area contributed by atoms with Crippen LogP contribution in [0.15, 0.2) is 18.7 Å². The van der Waals surface area contributed by atoms with Gasteiger partial charge in [0.15, 0.2) is 0 Å². The number of carbonyl (C=O) groups is 2. The Balaban J connectivity index is 1.97. The van der Waals surface area contributed by atoms with E-state index in [0.29, 0.717) is 26.1 Å². The smallest absolute Gasteiger partial charge is 0.329 e. The quantitative estimate of drug-likeness (QED) is 0.740. The molecule has 1 aliphatic rings. The lowest BCUT2D eigenvalue weighted by atomic mass is 10.3. The lowest BCUT2D eigenvalue weighted by Crippen LogP contribution is -2.38. The molecule has 0 aromatic carbocycles. The Morgan fingerprint density at radius 3 is 2.56 bits per heavy atom. The van der Waals surface area contributed by atoms with E-state index in [1.165, 1.54) is 10.9 Å². The molecule has 0 saturated carbocycles. The van der Waals surface area contributed by atoms with E-state index in [0.717, 1.165) is 13.0 Å². The van der Waals surface area contributed by atoms with Crippen LogP contribution in [0.3, 0.4) is 0 Å². The Hall–Kier alpha value is -1.85. The maximum atomic E-state index is 12.1. The summed E-state index contributed by atoms with van der Waals surface area (Å²) in [5.41, 5.74) is 0. The summed E-state index contributed by atoms with van der Waals surface area (Å²) < 4.78 is 1.47. The molecular weight excluding hydrogens is 232 g/mol. The van der Waals surface area contributed by atoms with Crippen molar-refractivity contribution in [2.24, 2.45) is 0 Å². The lowest BCUT2D eigenvalue weighted by molar-refractivity contribution is -0.130. The van der Waals surface area contributed by atoms with E-state index in [1.54, 1.807) is 17.3 Å². The van der Waals surface area contributed by atoms with Gasteiger partial charge in [-0.2, -0.15) is 0 Å². The highest BCUT2D eigenvalue weighted by Gasteiger charge is 2.21. The maximum Gasteiger partial charge on any atom is 0.329 e. The number of hydrogen-bond donors (Lipinski definition) is 0. The van der Waals surface area contributed by atoms with Crippen LogP contribution < -0.4 is 0 Å². The Kier molecular flexibility index (Phi) is 3.96. The van der Waals surface area contributed by atoms with Gasteiger partial charge in [0.25, 0.3) is 0 Å². The molecule has 6 heteroatoms. The highest BCUT2D eigenvalue weighted by Crippen LogP contribution is 2.06. The summed E-state index contributed by atoms with van der Waals surface area (Å²) in [6.07, 6.45) is 6.08. The predicted molar refractivity (Wildman–Crippen MR) is 66.1 cm³/mol. The lowest BCUT2D eigenvalue weighted by Gasteiger charge is -2.21. The SMILES string of the molecule is CCC(=O)N1CCCN(C(=O)n2ccnc2)CC1. The molecule has 1 saturated heterocycles. The second kappa shape index (κ2) is 5.66. The molecule has 18 heavy (non-hydrogen) atoms. The number of rotatable bonds is 1. The molecule has 0 atom stereocenters. The monoisotopic (exact) mass is 250 g/mol. The van der Waals surface area contributed by atoms with Gasteiger partial charge in [0.05, 0.1) is 0 Å². The topological polar surface area (TPSA) is 58.4 Å². The fraction of sp³-hybridized carbons (Fsp3) is 0.583. The number of nitrogens with zero attached hydrogens (tertiary/aromatic N) is 4. The van der Waals surface area contributed by atoms with Crippen molar-refractivity contribution in [3.05, 3.63) is 18.7 Å².